The van der Waals surface area contributed by atoms with E-state index in [-0.39, 0.29) is 18.1 Å². The highest BCUT2D eigenvalue weighted by molar-refractivity contribution is 6.39. The predicted molar refractivity (Wildman–Crippen MR) is 153 cm³/mol. The highest BCUT2D eigenvalue weighted by Gasteiger charge is 2.37. The van der Waals surface area contributed by atoms with Crippen molar-refractivity contribution in [2.75, 3.05) is 23.4 Å². The standard InChI is InChI=1S/C31H31N3O6/c1-6-39-27-16-22(9-12-26(27)40-17-28(35)32-23-10-7-18(2)20(4)13-23)15-25-29(36)33-31(38)34(30(25)37)24-11-8-19(3)21(5)14-24/h7-16H,6,17H2,1-5H3,(H,32,35)(H,33,36,38)/b25-15-. The average Bonchev–Trinajstić information content (AvgIpc) is 2.90. The summed E-state index contributed by atoms with van der Waals surface area (Å²) in [4.78, 5) is 51.8. The Labute approximate surface area is 232 Å². The minimum atomic E-state index is -0.812. The molecule has 0 radical (unpaired) electrons. The third-order valence-electron chi connectivity index (χ3n) is 6.58. The van der Waals surface area contributed by atoms with Gasteiger partial charge in [0.2, 0.25) is 0 Å². The molecule has 0 atom stereocenters. The molecule has 1 aliphatic rings. The van der Waals surface area contributed by atoms with E-state index in [1.807, 2.05) is 45.9 Å². The number of benzene rings is 3. The summed E-state index contributed by atoms with van der Waals surface area (Å²) in [7, 11) is 0. The van der Waals surface area contributed by atoms with Crippen LogP contribution in [0, 0.1) is 27.7 Å². The Balaban J connectivity index is 1.53. The number of carbonyl (C=O) groups is 4. The molecule has 206 valence electrons. The number of nitrogens with one attached hydrogen (secondary N) is 2. The number of hydrogen-bond acceptors (Lipinski definition) is 6. The summed E-state index contributed by atoms with van der Waals surface area (Å²) in [6.07, 6.45) is 1.39. The van der Waals surface area contributed by atoms with Crippen LogP contribution in [0.5, 0.6) is 11.5 Å². The Kier molecular flexibility index (Phi) is 8.33. The Morgan fingerprint density at radius 3 is 2.23 bits per heavy atom. The maximum atomic E-state index is 13.3. The molecule has 0 spiro atoms. The van der Waals surface area contributed by atoms with Gasteiger partial charge in [-0.2, -0.15) is 0 Å². The number of anilines is 2. The number of aryl methyl sites for hydroxylation is 4. The van der Waals surface area contributed by atoms with Gasteiger partial charge in [-0.15, -0.1) is 0 Å². The third-order valence-corrected chi connectivity index (χ3v) is 6.58. The van der Waals surface area contributed by atoms with Crippen molar-refractivity contribution in [2.45, 2.75) is 34.6 Å². The molecular weight excluding hydrogens is 510 g/mol. The lowest BCUT2D eigenvalue weighted by atomic mass is 10.0. The van der Waals surface area contributed by atoms with Crippen LogP contribution in [0.4, 0.5) is 16.2 Å². The van der Waals surface area contributed by atoms with Gasteiger partial charge in [0, 0.05) is 5.69 Å². The lowest BCUT2D eigenvalue weighted by Gasteiger charge is -2.27. The van der Waals surface area contributed by atoms with Crippen LogP contribution in [0.1, 0.15) is 34.7 Å². The summed E-state index contributed by atoms with van der Waals surface area (Å²) in [6.45, 7) is 9.63. The van der Waals surface area contributed by atoms with E-state index in [0.29, 0.717) is 35.0 Å². The zero-order valence-electron chi connectivity index (χ0n) is 23.1. The van der Waals surface area contributed by atoms with Crippen LogP contribution in [0.2, 0.25) is 0 Å². The van der Waals surface area contributed by atoms with Gasteiger partial charge in [-0.05, 0) is 105 Å². The van der Waals surface area contributed by atoms with Gasteiger partial charge in [0.25, 0.3) is 17.7 Å². The predicted octanol–water partition coefficient (Wildman–Crippen LogP) is 5.00. The lowest BCUT2D eigenvalue weighted by molar-refractivity contribution is -0.122. The fraction of sp³-hybridized carbons (Fsp3) is 0.226. The van der Waals surface area contributed by atoms with E-state index in [2.05, 4.69) is 10.6 Å². The van der Waals surface area contributed by atoms with Crippen molar-refractivity contribution in [3.8, 4) is 11.5 Å². The highest BCUT2D eigenvalue weighted by atomic mass is 16.5. The molecule has 0 aromatic heterocycles. The number of barbiturate groups is 1. The number of rotatable bonds is 8. The molecule has 0 bridgehead atoms. The molecule has 9 heteroatoms. The molecule has 3 aromatic rings. The SMILES string of the molecule is CCOc1cc(/C=C2/C(=O)NC(=O)N(c3ccc(C)c(C)c3)C2=O)ccc1OCC(=O)Nc1ccc(C)c(C)c1. The summed E-state index contributed by atoms with van der Waals surface area (Å²) in [5.41, 5.74) is 5.41. The van der Waals surface area contributed by atoms with Crippen LogP contribution >= 0.6 is 0 Å². The molecule has 1 aliphatic heterocycles. The average molecular weight is 542 g/mol. The van der Waals surface area contributed by atoms with Crippen LogP contribution in [-0.2, 0) is 14.4 Å². The van der Waals surface area contributed by atoms with Gasteiger partial charge in [-0.3, -0.25) is 19.7 Å². The highest BCUT2D eigenvalue weighted by Crippen LogP contribution is 2.31. The zero-order chi connectivity index (χ0) is 29.0. The molecule has 5 amide bonds. The fourth-order valence-corrected chi connectivity index (χ4v) is 4.08. The molecule has 1 heterocycles. The van der Waals surface area contributed by atoms with E-state index in [0.717, 1.165) is 27.2 Å². The summed E-state index contributed by atoms with van der Waals surface area (Å²) < 4.78 is 11.4. The van der Waals surface area contributed by atoms with Crippen molar-refractivity contribution in [2.24, 2.45) is 0 Å². The van der Waals surface area contributed by atoms with Crippen LogP contribution in [-0.4, -0.2) is 37.0 Å². The van der Waals surface area contributed by atoms with Crippen LogP contribution < -0.4 is 25.0 Å². The summed E-state index contributed by atoms with van der Waals surface area (Å²) in [6, 6.07) is 14.8. The molecule has 9 nitrogen and oxygen atoms in total. The van der Waals surface area contributed by atoms with Crippen molar-refractivity contribution < 1.29 is 28.7 Å². The second-order valence-electron chi connectivity index (χ2n) is 9.50. The Hall–Kier alpha value is -4.92. The van der Waals surface area contributed by atoms with Gasteiger partial charge in [-0.1, -0.05) is 18.2 Å². The van der Waals surface area contributed by atoms with E-state index < -0.39 is 17.8 Å². The zero-order valence-corrected chi connectivity index (χ0v) is 23.1. The van der Waals surface area contributed by atoms with Gasteiger partial charge in [0.05, 0.1) is 12.3 Å². The number of imide groups is 2. The van der Waals surface area contributed by atoms with Crippen LogP contribution in [0.15, 0.2) is 60.2 Å². The molecule has 0 saturated carbocycles. The summed E-state index contributed by atoms with van der Waals surface area (Å²) in [5.74, 6) is -1.21. The second kappa shape index (κ2) is 11.9. The quantitative estimate of drug-likeness (QED) is 0.306. The Bertz CT molecular complexity index is 1540. The van der Waals surface area contributed by atoms with Crippen LogP contribution in [0.25, 0.3) is 6.08 Å². The number of ether oxygens (including phenoxy) is 2. The molecule has 2 N–H and O–H groups in total. The monoisotopic (exact) mass is 541 g/mol. The molecule has 1 fully saturated rings. The smallest absolute Gasteiger partial charge is 0.335 e. The largest absolute Gasteiger partial charge is 0.490 e. The van der Waals surface area contributed by atoms with Gasteiger partial charge in [0.1, 0.15) is 5.57 Å². The Morgan fingerprint density at radius 1 is 0.850 bits per heavy atom. The topological polar surface area (TPSA) is 114 Å². The Morgan fingerprint density at radius 2 is 1.55 bits per heavy atom. The number of nitrogens with zero attached hydrogens (tertiary/aromatic N) is 1. The molecule has 4 rings (SSSR count). The van der Waals surface area contributed by atoms with E-state index >= 15 is 0 Å². The first kappa shape index (κ1) is 28.1. The van der Waals surface area contributed by atoms with Gasteiger partial charge < -0.3 is 14.8 Å². The van der Waals surface area contributed by atoms with Crippen molar-refractivity contribution in [1.82, 2.24) is 5.32 Å². The molecule has 3 aromatic carbocycles. The van der Waals surface area contributed by atoms with Gasteiger partial charge in [-0.25, -0.2) is 9.69 Å². The fourth-order valence-electron chi connectivity index (χ4n) is 4.08. The first-order chi connectivity index (χ1) is 19.1. The molecular formula is C31H31N3O6. The van der Waals surface area contributed by atoms with Crippen LogP contribution in [0.3, 0.4) is 0 Å². The molecule has 1 saturated heterocycles. The lowest BCUT2D eigenvalue weighted by Crippen LogP contribution is -2.54. The van der Waals surface area contributed by atoms with Gasteiger partial charge >= 0.3 is 6.03 Å². The molecule has 0 aliphatic carbocycles. The van der Waals surface area contributed by atoms with Crippen molar-refractivity contribution in [3.63, 3.8) is 0 Å². The van der Waals surface area contributed by atoms with E-state index in [9.17, 15) is 19.2 Å². The number of hydrogen-bond donors (Lipinski definition) is 2. The molecule has 40 heavy (non-hydrogen) atoms. The normalized spacial score (nSPS) is 14.3. The van der Waals surface area contributed by atoms with Crippen molar-refractivity contribution in [1.29, 1.82) is 0 Å². The number of amides is 5. The maximum absolute atomic E-state index is 13.3. The number of carbonyl (C=O) groups excluding carboxylic acids is 4. The molecule has 0 unspecified atom stereocenters. The third kappa shape index (κ3) is 6.20. The van der Waals surface area contributed by atoms with Crippen molar-refractivity contribution in [3.05, 3.63) is 88.0 Å². The second-order valence-corrected chi connectivity index (χ2v) is 9.50. The minimum absolute atomic E-state index is 0.207. The van der Waals surface area contributed by atoms with Crippen molar-refractivity contribution >= 4 is 41.2 Å². The van der Waals surface area contributed by atoms with E-state index in [1.54, 1.807) is 43.3 Å². The first-order valence-electron chi connectivity index (χ1n) is 12.8. The first-order valence-corrected chi connectivity index (χ1v) is 12.8. The van der Waals surface area contributed by atoms with E-state index in [1.165, 1.54) is 6.08 Å². The van der Waals surface area contributed by atoms with E-state index in [4.69, 9.17) is 9.47 Å². The summed E-state index contributed by atoms with van der Waals surface area (Å²) in [5, 5.41) is 5.04. The minimum Gasteiger partial charge on any atom is -0.490 e. The summed E-state index contributed by atoms with van der Waals surface area (Å²) >= 11 is 0. The van der Waals surface area contributed by atoms with Gasteiger partial charge in [0.15, 0.2) is 18.1 Å². The number of urea groups is 1. The maximum Gasteiger partial charge on any atom is 0.335 e.